The van der Waals surface area contributed by atoms with E-state index < -0.39 is 23.8 Å². The largest absolute Gasteiger partial charge is 0.368 e. The molecular weight excluding hydrogens is 459 g/mol. The minimum atomic E-state index is -1.01. The molecule has 0 spiro atoms. The molecule has 3 aromatic carbocycles. The first-order chi connectivity index (χ1) is 15.9. The molecule has 1 aliphatic carbocycles. The van der Waals surface area contributed by atoms with Gasteiger partial charge in [-0.05, 0) is 59.2 Å². The summed E-state index contributed by atoms with van der Waals surface area (Å²) in [5.41, 5.74) is 7.63. The predicted octanol–water partition coefficient (Wildman–Crippen LogP) is 6.05. The third kappa shape index (κ3) is 3.90. The molecule has 0 aliphatic heterocycles. The van der Waals surface area contributed by atoms with Crippen LogP contribution in [-0.4, -0.2) is 16.7 Å². The predicted molar refractivity (Wildman–Crippen MR) is 129 cm³/mol. The molecule has 4 aromatic rings. The van der Waals surface area contributed by atoms with Gasteiger partial charge in [-0.3, -0.25) is 9.59 Å². The maximum absolute atomic E-state index is 14.7. The van der Waals surface area contributed by atoms with Crippen molar-refractivity contribution in [3.63, 3.8) is 0 Å². The summed E-state index contributed by atoms with van der Waals surface area (Å²) in [5, 5.41) is 1.20. The topological polar surface area (TPSA) is 63.4 Å². The van der Waals surface area contributed by atoms with Gasteiger partial charge in [-0.25, -0.2) is 4.39 Å². The number of nitrogens with zero attached hydrogens (tertiary/aromatic N) is 1. The van der Waals surface area contributed by atoms with E-state index >= 15 is 0 Å². The second-order valence-electron chi connectivity index (χ2n) is 8.09. The second kappa shape index (κ2) is 8.61. The minimum absolute atomic E-state index is 0.253. The zero-order valence-electron chi connectivity index (χ0n) is 17.5. The lowest BCUT2D eigenvalue weighted by Crippen LogP contribution is -2.43. The van der Waals surface area contributed by atoms with Crippen LogP contribution in [0.1, 0.15) is 44.9 Å². The number of carbonyl (C=O) groups excluding carboxylic acids is 2. The number of halogens is 2. The average Bonchev–Trinajstić information content (AvgIpc) is 3.41. The van der Waals surface area contributed by atoms with Crippen molar-refractivity contribution in [3.05, 3.63) is 105 Å². The third-order valence-corrected chi connectivity index (χ3v) is 7.41. The van der Waals surface area contributed by atoms with Crippen LogP contribution in [0, 0.1) is 5.82 Å². The van der Waals surface area contributed by atoms with Gasteiger partial charge in [0, 0.05) is 9.72 Å². The Morgan fingerprint density at radius 2 is 1.79 bits per heavy atom. The number of fused-ring (bicyclic) bond motifs is 2. The Kier molecular flexibility index (Phi) is 5.64. The summed E-state index contributed by atoms with van der Waals surface area (Å²) in [6.45, 7) is 0. The molecule has 4 nitrogen and oxygen atoms in total. The maximum Gasteiger partial charge on any atom is 0.265 e. The molecule has 0 saturated heterocycles. The van der Waals surface area contributed by atoms with Gasteiger partial charge in [-0.2, -0.15) is 0 Å². The van der Waals surface area contributed by atoms with Crippen molar-refractivity contribution < 1.29 is 14.0 Å². The van der Waals surface area contributed by atoms with Gasteiger partial charge in [0.25, 0.3) is 5.91 Å². The normalized spacial score (nSPS) is 15.9. The number of rotatable bonds is 5. The summed E-state index contributed by atoms with van der Waals surface area (Å²) in [6, 6.07) is 19.9. The summed E-state index contributed by atoms with van der Waals surface area (Å²) in [6.07, 6.45) is 0.916. The first kappa shape index (κ1) is 21.6. The van der Waals surface area contributed by atoms with Gasteiger partial charge in [0.1, 0.15) is 11.9 Å². The Morgan fingerprint density at radius 1 is 1.06 bits per heavy atom. The van der Waals surface area contributed by atoms with E-state index in [1.807, 2.05) is 36.4 Å². The van der Waals surface area contributed by atoms with Crippen molar-refractivity contribution in [2.75, 3.05) is 0 Å². The molecule has 2 amide bonds. The van der Waals surface area contributed by atoms with E-state index in [1.165, 1.54) is 22.3 Å². The molecular formula is C26H20ClFN2O2S. The van der Waals surface area contributed by atoms with Crippen LogP contribution < -0.4 is 5.73 Å². The van der Waals surface area contributed by atoms with Crippen molar-refractivity contribution in [3.8, 4) is 0 Å². The fourth-order valence-corrected chi connectivity index (χ4v) is 5.88. The molecule has 1 heterocycles. The lowest BCUT2D eigenvalue weighted by Gasteiger charge is -2.35. The van der Waals surface area contributed by atoms with Crippen molar-refractivity contribution in [1.29, 1.82) is 0 Å². The molecule has 1 aliphatic rings. The molecule has 0 saturated carbocycles. The molecule has 7 heteroatoms. The monoisotopic (exact) mass is 478 g/mol. The number of amides is 2. The maximum atomic E-state index is 14.7. The first-order valence-corrected chi connectivity index (χ1v) is 11.8. The van der Waals surface area contributed by atoms with Gasteiger partial charge >= 0.3 is 0 Å². The van der Waals surface area contributed by atoms with Crippen LogP contribution in [0.15, 0.2) is 72.8 Å². The summed E-state index contributed by atoms with van der Waals surface area (Å²) in [5.74, 6) is -1.36. The summed E-state index contributed by atoms with van der Waals surface area (Å²) in [4.78, 5) is 28.8. The zero-order valence-corrected chi connectivity index (χ0v) is 19.1. The Balaban J connectivity index is 1.68. The first-order valence-electron chi connectivity index (χ1n) is 10.6. The molecule has 1 aromatic heterocycles. The molecule has 0 unspecified atom stereocenters. The number of primary amides is 1. The van der Waals surface area contributed by atoms with E-state index in [2.05, 4.69) is 0 Å². The molecule has 33 heavy (non-hydrogen) atoms. The van der Waals surface area contributed by atoms with E-state index in [0.29, 0.717) is 34.4 Å². The average molecular weight is 479 g/mol. The highest BCUT2D eigenvalue weighted by Gasteiger charge is 2.40. The number of nitrogens with two attached hydrogens (primary N) is 1. The number of thiophene rings is 1. The molecule has 5 rings (SSSR count). The molecule has 0 bridgehead atoms. The number of hydrogen-bond acceptors (Lipinski definition) is 3. The van der Waals surface area contributed by atoms with E-state index in [0.717, 1.165) is 10.1 Å². The van der Waals surface area contributed by atoms with Gasteiger partial charge in [0.05, 0.1) is 10.9 Å². The van der Waals surface area contributed by atoms with Crippen molar-refractivity contribution in [2.24, 2.45) is 5.73 Å². The van der Waals surface area contributed by atoms with Gasteiger partial charge in [-0.15, -0.1) is 11.3 Å². The Morgan fingerprint density at radius 3 is 2.52 bits per heavy atom. The SMILES string of the molecule is NC(=O)[C@@H](c1ccccc1)N(C(=O)c1cc2ccccc2s1)[C@@H]1CCc2c(F)cc(Cl)cc21. The van der Waals surface area contributed by atoms with Crippen LogP contribution in [0.5, 0.6) is 0 Å². The van der Waals surface area contributed by atoms with Crippen molar-refractivity contribution in [2.45, 2.75) is 24.9 Å². The van der Waals surface area contributed by atoms with E-state index in [-0.39, 0.29) is 10.9 Å². The molecule has 0 radical (unpaired) electrons. The lowest BCUT2D eigenvalue weighted by atomic mass is 9.99. The quantitative estimate of drug-likeness (QED) is 0.379. The Labute approximate surface area is 199 Å². The van der Waals surface area contributed by atoms with Crippen LogP contribution in [0.4, 0.5) is 4.39 Å². The van der Waals surface area contributed by atoms with Crippen molar-refractivity contribution >= 4 is 44.8 Å². The molecule has 2 atom stereocenters. The fourth-order valence-electron chi connectivity index (χ4n) is 4.66. The van der Waals surface area contributed by atoms with Crippen LogP contribution in [0.2, 0.25) is 5.02 Å². The Hall–Kier alpha value is -3.22. The van der Waals surface area contributed by atoms with Gasteiger partial charge in [0.15, 0.2) is 0 Å². The number of carbonyl (C=O) groups is 2. The lowest BCUT2D eigenvalue weighted by molar-refractivity contribution is -0.123. The highest BCUT2D eigenvalue weighted by atomic mass is 35.5. The second-order valence-corrected chi connectivity index (χ2v) is 9.61. The fraction of sp³-hybridized carbons (Fsp3) is 0.154. The highest BCUT2D eigenvalue weighted by molar-refractivity contribution is 7.20. The van der Waals surface area contributed by atoms with Crippen LogP contribution in [0.3, 0.4) is 0 Å². The smallest absolute Gasteiger partial charge is 0.265 e. The van der Waals surface area contributed by atoms with Gasteiger partial charge < -0.3 is 10.6 Å². The number of hydrogen-bond donors (Lipinski definition) is 1. The van der Waals surface area contributed by atoms with Crippen LogP contribution in [0.25, 0.3) is 10.1 Å². The van der Waals surface area contributed by atoms with Crippen molar-refractivity contribution in [1.82, 2.24) is 4.90 Å². The van der Waals surface area contributed by atoms with Crippen LogP contribution in [-0.2, 0) is 11.2 Å². The Bertz CT molecular complexity index is 1340. The van der Waals surface area contributed by atoms with Crippen LogP contribution >= 0.6 is 22.9 Å². The van der Waals surface area contributed by atoms with E-state index in [9.17, 15) is 14.0 Å². The zero-order chi connectivity index (χ0) is 23.1. The van der Waals surface area contributed by atoms with Gasteiger partial charge in [-0.1, -0.05) is 60.1 Å². The minimum Gasteiger partial charge on any atom is -0.368 e. The molecule has 2 N–H and O–H groups in total. The number of benzene rings is 3. The third-order valence-electron chi connectivity index (χ3n) is 6.09. The van der Waals surface area contributed by atoms with E-state index in [4.69, 9.17) is 17.3 Å². The molecule has 0 fully saturated rings. The van der Waals surface area contributed by atoms with Gasteiger partial charge in [0.2, 0.25) is 5.91 Å². The molecule has 166 valence electrons. The highest BCUT2D eigenvalue weighted by Crippen LogP contribution is 2.43. The summed E-state index contributed by atoms with van der Waals surface area (Å²) >= 11 is 7.54. The standard InChI is InChI=1S/C26H20ClFN2O2S/c27-17-13-19-18(20(28)14-17)10-11-21(19)30(24(25(29)31)15-6-2-1-3-7-15)26(32)23-12-16-8-4-5-9-22(16)33-23/h1-9,12-14,21,24H,10-11H2,(H2,29,31)/t21-,24-/m1/s1. The summed E-state index contributed by atoms with van der Waals surface area (Å²) in [7, 11) is 0. The summed E-state index contributed by atoms with van der Waals surface area (Å²) < 4.78 is 15.6. The van der Waals surface area contributed by atoms with E-state index in [1.54, 1.807) is 30.3 Å².